The Morgan fingerprint density at radius 1 is 1.47 bits per heavy atom. The van der Waals surface area contributed by atoms with Crippen LogP contribution in [-0.4, -0.2) is 17.6 Å². The SMILES string of the molecule is CC1(CNc2ccc(F)c(N)c2C(=O)O)CCCC1. The summed E-state index contributed by atoms with van der Waals surface area (Å²) in [5, 5.41) is 12.3. The Kier molecular flexibility index (Phi) is 3.64. The van der Waals surface area contributed by atoms with Crippen LogP contribution < -0.4 is 11.1 Å². The third kappa shape index (κ3) is 2.80. The number of halogens is 1. The summed E-state index contributed by atoms with van der Waals surface area (Å²) < 4.78 is 13.3. The van der Waals surface area contributed by atoms with E-state index in [4.69, 9.17) is 10.8 Å². The first-order valence-electron chi connectivity index (χ1n) is 6.48. The molecule has 0 aliphatic heterocycles. The van der Waals surface area contributed by atoms with E-state index in [-0.39, 0.29) is 16.7 Å². The Morgan fingerprint density at radius 2 is 2.11 bits per heavy atom. The lowest BCUT2D eigenvalue weighted by molar-refractivity contribution is 0.0698. The summed E-state index contributed by atoms with van der Waals surface area (Å²) in [5.74, 6) is -1.91. The predicted octanol–water partition coefficient (Wildman–Crippen LogP) is 3.10. The fraction of sp³-hybridized carbons (Fsp3) is 0.500. The lowest BCUT2D eigenvalue weighted by atomic mass is 9.89. The average molecular weight is 266 g/mol. The number of benzene rings is 1. The molecule has 1 aliphatic rings. The largest absolute Gasteiger partial charge is 0.478 e. The molecule has 4 N–H and O–H groups in total. The van der Waals surface area contributed by atoms with Crippen LogP contribution in [0, 0.1) is 11.2 Å². The molecule has 1 saturated carbocycles. The molecule has 2 rings (SSSR count). The maximum Gasteiger partial charge on any atom is 0.340 e. The van der Waals surface area contributed by atoms with E-state index < -0.39 is 11.8 Å². The number of carboxylic acid groups (broad SMARTS) is 1. The Labute approximate surface area is 111 Å². The van der Waals surface area contributed by atoms with Gasteiger partial charge in [0.15, 0.2) is 0 Å². The zero-order valence-electron chi connectivity index (χ0n) is 11.0. The molecule has 0 heterocycles. The lowest BCUT2D eigenvalue weighted by Gasteiger charge is -2.25. The zero-order chi connectivity index (χ0) is 14.0. The van der Waals surface area contributed by atoms with Crippen LogP contribution >= 0.6 is 0 Å². The first kappa shape index (κ1) is 13.6. The summed E-state index contributed by atoms with van der Waals surface area (Å²) in [5.41, 5.74) is 5.58. The smallest absolute Gasteiger partial charge is 0.340 e. The summed E-state index contributed by atoms with van der Waals surface area (Å²) in [6, 6.07) is 2.63. The van der Waals surface area contributed by atoms with Gasteiger partial charge in [0.1, 0.15) is 11.4 Å². The van der Waals surface area contributed by atoms with E-state index in [1.165, 1.54) is 25.0 Å². The number of hydrogen-bond acceptors (Lipinski definition) is 3. The van der Waals surface area contributed by atoms with Crippen molar-refractivity contribution in [1.29, 1.82) is 0 Å². The van der Waals surface area contributed by atoms with Gasteiger partial charge in [0, 0.05) is 6.54 Å². The molecule has 19 heavy (non-hydrogen) atoms. The maximum absolute atomic E-state index is 13.3. The molecular formula is C14H19FN2O2. The van der Waals surface area contributed by atoms with Crippen molar-refractivity contribution in [1.82, 2.24) is 0 Å². The fourth-order valence-corrected chi connectivity index (χ4v) is 2.69. The Bertz CT molecular complexity index is 496. The zero-order valence-corrected chi connectivity index (χ0v) is 11.0. The number of nitrogens with one attached hydrogen (secondary N) is 1. The molecule has 5 heteroatoms. The van der Waals surface area contributed by atoms with Gasteiger partial charge >= 0.3 is 5.97 Å². The Balaban J connectivity index is 2.20. The molecule has 0 bridgehead atoms. The fourth-order valence-electron chi connectivity index (χ4n) is 2.69. The third-order valence-corrected chi connectivity index (χ3v) is 3.92. The van der Waals surface area contributed by atoms with E-state index in [0.29, 0.717) is 12.2 Å². The number of hydrogen-bond donors (Lipinski definition) is 3. The number of anilines is 2. The lowest BCUT2D eigenvalue weighted by Crippen LogP contribution is -2.24. The highest BCUT2D eigenvalue weighted by molar-refractivity contribution is 6.00. The van der Waals surface area contributed by atoms with Crippen molar-refractivity contribution in [2.24, 2.45) is 5.41 Å². The number of aromatic carboxylic acids is 1. The van der Waals surface area contributed by atoms with Crippen LogP contribution in [0.1, 0.15) is 43.0 Å². The van der Waals surface area contributed by atoms with Gasteiger partial charge in [0.05, 0.1) is 11.4 Å². The number of carbonyl (C=O) groups is 1. The molecule has 0 saturated heterocycles. The number of nitrogen functional groups attached to an aromatic ring is 1. The summed E-state index contributed by atoms with van der Waals surface area (Å²) in [6.45, 7) is 2.86. The Morgan fingerprint density at radius 3 is 2.68 bits per heavy atom. The molecule has 1 fully saturated rings. The topological polar surface area (TPSA) is 75.3 Å². The van der Waals surface area contributed by atoms with Gasteiger partial charge in [-0.05, 0) is 30.4 Å². The molecule has 0 unspecified atom stereocenters. The highest BCUT2D eigenvalue weighted by Gasteiger charge is 2.29. The molecule has 1 aromatic carbocycles. The van der Waals surface area contributed by atoms with Crippen LogP contribution in [0.3, 0.4) is 0 Å². The average Bonchev–Trinajstić information content (AvgIpc) is 2.78. The first-order chi connectivity index (χ1) is 8.93. The summed E-state index contributed by atoms with van der Waals surface area (Å²) in [7, 11) is 0. The maximum atomic E-state index is 13.3. The third-order valence-electron chi connectivity index (χ3n) is 3.92. The van der Waals surface area contributed by atoms with Gasteiger partial charge in [-0.15, -0.1) is 0 Å². The van der Waals surface area contributed by atoms with Gasteiger partial charge in [0.2, 0.25) is 0 Å². The van der Waals surface area contributed by atoms with Gasteiger partial charge in [-0.25, -0.2) is 9.18 Å². The predicted molar refractivity (Wildman–Crippen MR) is 72.8 cm³/mol. The van der Waals surface area contributed by atoms with Gasteiger partial charge in [-0.2, -0.15) is 0 Å². The minimum atomic E-state index is -1.21. The van der Waals surface area contributed by atoms with Crippen LogP contribution in [0.25, 0.3) is 0 Å². The van der Waals surface area contributed by atoms with Gasteiger partial charge < -0.3 is 16.2 Å². The van der Waals surface area contributed by atoms with E-state index in [0.717, 1.165) is 12.8 Å². The van der Waals surface area contributed by atoms with E-state index in [1.54, 1.807) is 0 Å². The van der Waals surface area contributed by atoms with Crippen LogP contribution in [-0.2, 0) is 0 Å². The number of rotatable bonds is 4. The number of carboxylic acids is 1. The first-order valence-corrected chi connectivity index (χ1v) is 6.48. The van der Waals surface area contributed by atoms with E-state index >= 15 is 0 Å². The number of nitrogens with two attached hydrogens (primary N) is 1. The van der Waals surface area contributed by atoms with Crippen molar-refractivity contribution in [2.75, 3.05) is 17.6 Å². The van der Waals surface area contributed by atoms with Crippen molar-refractivity contribution in [2.45, 2.75) is 32.6 Å². The quantitative estimate of drug-likeness (QED) is 0.732. The van der Waals surface area contributed by atoms with Crippen molar-refractivity contribution >= 4 is 17.3 Å². The second kappa shape index (κ2) is 5.07. The molecule has 0 radical (unpaired) electrons. The normalized spacial score (nSPS) is 17.4. The van der Waals surface area contributed by atoms with Crippen LogP contribution in [0.5, 0.6) is 0 Å². The monoisotopic (exact) mass is 266 g/mol. The molecular weight excluding hydrogens is 247 g/mol. The van der Waals surface area contributed by atoms with Gasteiger partial charge in [-0.1, -0.05) is 19.8 Å². The molecule has 1 aliphatic carbocycles. The Hall–Kier alpha value is -1.78. The van der Waals surface area contributed by atoms with Gasteiger partial charge in [-0.3, -0.25) is 0 Å². The molecule has 1 aromatic rings. The van der Waals surface area contributed by atoms with E-state index in [1.807, 2.05) is 0 Å². The van der Waals surface area contributed by atoms with Gasteiger partial charge in [0.25, 0.3) is 0 Å². The second-order valence-electron chi connectivity index (χ2n) is 5.56. The summed E-state index contributed by atoms with van der Waals surface area (Å²) >= 11 is 0. The molecule has 104 valence electrons. The highest BCUT2D eigenvalue weighted by atomic mass is 19.1. The molecule has 0 atom stereocenters. The molecule has 0 aromatic heterocycles. The standard InChI is InChI=1S/C14H19FN2O2/c1-14(6-2-3-7-14)8-17-10-5-4-9(15)12(16)11(10)13(18)19/h4-5,17H,2-3,6-8,16H2,1H3,(H,18,19). The summed E-state index contributed by atoms with van der Waals surface area (Å²) in [6.07, 6.45) is 4.66. The van der Waals surface area contributed by atoms with Crippen molar-refractivity contribution in [3.05, 3.63) is 23.5 Å². The van der Waals surface area contributed by atoms with Crippen molar-refractivity contribution < 1.29 is 14.3 Å². The minimum absolute atomic E-state index is 0.179. The van der Waals surface area contributed by atoms with E-state index in [2.05, 4.69) is 12.2 Å². The molecule has 0 amide bonds. The highest BCUT2D eigenvalue weighted by Crippen LogP contribution is 2.38. The van der Waals surface area contributed by atoms with Crippen molar-refractivity contribution in [3.8, 4) is 0 Å². The molecule has 4 nitrogen and oxygen atoms in total. The van der Waals surface area contributed by atoms with Crippen LogP contribution in [0.2, 0.25) is 0 Å². The minimum Gasteiger partial charge on any atom is -0.478 e. The van der Waals surface area contributed by atoms with E-state index in [9.17, 15) is 9.18 Å². The summed E-state index contributed by atoms with van der Waals surface area (Å²) in [4.78, 5) is 11.2. The van der Waals surface area contributed by atoms with Crippen molar-refractivity contribution in [3.63, 3.8) is 0 Å². The molecule has 0 spiro atoms. The van der Waals surface area contributed by atoms with Crippen LogP contribution in [0.15, 0.2) is 12.1 Å². The second-order valence-corrected chi connectivity index (χ2v) is 5.56. The van der Waals surface area contributed by atoms with Crippen LogP contribution in [0.4, 0.5) is 15.8 Å².